The Kier molecular flexibility index (Phi) is 7.63. The number of amides is 1. The van der Waals surface area contributed by atoms with Crippen LogP contribution in [0.3, 0.4) is 0 Å². The smallest absolute Gasteiger partial charge is 0.255 e. The number of aromatic hydroxyl groups is 1. The first-order valence-electron chi connectivity index (χ1n) is 13.5. The monoisotopic (exact) mass is 559 g/mol. The molecule has 10 nitrogen and oxygen atoms in total. The average Bonchev–Trinajstić information content (AvgIpc) is 2.83. The molecule has 0 saturated heterocycles. The molecule has 3 aliphatic rings. The van der Waals surface area contributed by atoms with E-state index in [2.05, 4.69) is 18.7 Å². The zero-order chi connectivity index (χ0) is 30.0. The van der Waals surface area contributed by atoms with E-state index in [1.807, 2.05) is 13.8 Å². The number of aliphatic hydroxyl groups is 3. The SMILES string of the molecule is CC(C)CN(Cc1cc(O)c2c(c1F)C[C@H]1C[C@H]3[C@H](N(C)C)C(=O)C(C(N)=O)=C(O)[C@@]3(O)C(=O)C1=C2O)C(C)C. The fraction of sp³-hybridized carbons (Fsp3) is 0.552. The van der Waals surface area contributed by atoms with E-state index < -0.39 is 69.6 Å². The molecule has 40 heavy (non-hydrogen) atoms. The highest BCUT2D eigenvalue weighted by molar-refractivity contribution is 6.24. The van der Waals surface area contributed by atoms with Gasteiger partial charge in [0.2, 0.25) is 5.78 Å². The first kappa shape index (κ1) is 29.7. The number of Topliss-reactive ketones (excluding diaryl/α,β-unsaturated/α-hetero) is 2. The second kappa shape index (κ2) is 10.3. The van der Waals surface area contributed by atoms with Gasteiger partial charge in [-0.2, -0.15) is 0 Å². The highest BCUT2D eigenvalue weighted by Gasteiger charge is 2.64. The van der Waals surface area contributed by atoms with Crippen molar-refractivity contribution in [2.24, 2.45) is 23.5 Å². The predicted octanol–water partition coefficient (Wildman–Crippen LogP) is 1.97. The van der Waals surface area contributed by atoms with Crippen LogP contribution in [0, 0.1) is 23.6 Å². The van der Waals surface area contributed by atoms with Crippen LogP contribution in [0.1, 0.15) is 50.8 Å². The van der Waals surface area contributed by atoms with Crippen LogP contribution in [-0.4, -0.2) is 86.0 Å². The molecule has 1 aromatic rings. The van der Waals surface area contributed by atoms with Crippen molar-refractivity contribution >= 4 is 23.2 Å². The molecule has 6 N–H and O–H groups in total. The number of hydrogen-bond donors (Lipinski definition) is 5. The Morgan fingerprint density at radius 1 is 1.18 bits per heavy atom. The van der Waals surface area contributed by atoms with E-state index >= 15 is 4.39 Å². The van der Waals surface area contributed by atoms with E-state index in [-0.39, 0.29) is 47.7 Å². The number of nitrogens with two attached hydrogens (primary N) is 1. The van der Waals surface area contributed by atoms with E-state index in [1.165, 1.54) is 25.1 Å². The number of halogens is 1. The highest BCUT2D eigenvalue weighted by atomic mass is 19.1. The van der Waals surface area contributed by atoms with Crippen molar-refractivity contribution in [3.63, 3.8) is 0 Å². The second-order valence-corrected chi connectivity index (χ2v) is 12.1. The van der Waals surface area contributed by atoms with Gasteiger partial charge in [0.25, 0.3) is 5.91 Å². The standard InChI is InChI=1S/C29H38FN3O7/c1-12(2)10-33(13(3)4)11-15-9-18(34)20-16(22(15)30)7-14-8-17-23(32(5)6)25(36)21(28(31)39)27(38)29(17,40)26(37)19(14)24(20)35/h9,12-14,17,23,34-35,38,40H,7-8,10-11H2,1-6H3,(H2,31,39)/t14-,17-,23-,29-/m0/s1. The van der Waals surface area contributed by atoms with Crippen LogP contribution in [-0.2, 0) is 27.3 Å². The Balaban J connectivity index is 1.87. The van der Waals surface area contributed by atoms with Crippen molar-refractivity contribution in [3.05, 3.63) is 45.5 Å². The maximum absolute atomic E-state index is 16.0. The van der Waals surface area contributed by atoms with E-state index in [1.54, 1.807) is 0 Å². The van der Waals surface area contributed by atoms with Crippen LogP contribution in [0.4, 0.5) is 4.39 Å². The molecule has 1 fully saturated rings. The molecule has 1 amide bonds. The Morgan fingerprint density at radius 2 is 1.80 bits per heavy atom. The first-order chi connectivity index (χ1) is 18.5. The predicted molar refractivity (Wildman–Crippen MR) is 145 cm³/mol. The van der Waals surface area contributed by atoms with Crippen molar-refractivity contribution in [1.82, 2.24) is 9.80 Å². The number of carbonyl (C=O) groups excluding carboxylic acids is 3. The summed E-state index contributed by atoms with van der Waals surface area (Å²) < 4.78 is 16.0. The Hall–Kier alpha value is -3.28. The summed E-state index contributed by atoms with van der Waals surface area (Å²) in [4.78, 5) is 42.6. The largest absolute Gasteiger partial charge is 0.508 e. The van der Waals surface area contributed by atoms with Crippen LogP contribution in [0.2, 0.25) is 0 Å². The zero-order valence-corrected chi connectivity index (χ0v) is 23.7. The molecule has 0 radical (unpaired) electrons. The molecule has 1 saturated carbocycles. The topological polar surface area (TPSA) is 165 Å². The molecule has 3 aliphatic carbocycles. The summed E-state index contributed by atoms with van der Waals surface area (Å²) in [5.41, 5.74) is 1.44. The van der Waals surface area contributed by atoms with Gasteiger partial charge in [-0.15, -0.1) is 0 Å². The third kappa shape index (κ3) is 4.40. The van der Waals surface area contributed by atoms with Crippen LogP contribution in [0.15, 0.2) is 23.0 Å². The normalized spacial score (nSPS) is 26.6. The number of ketones is 2. The molecule has 11 heteroatoms. The Labute approximate surface area is 232 Å². The molecule has 4 rings (SSSR count). The van der Waals surface area contributed by atoms with Crippen molar-refractivity contribution in [2.75, 3.05) is 20.6 Å². The van der Waals surface area contributed by atoms with Gasteiger partial charge in [-0.3, -0.25) is 24.2 Å². The molecule has 0 bridgehead atoms. The van der Waals surface area contributed by atoms with E-state index in [9.17, 15) is 34.8 Å². The van der Waals surface area contributed by atoms with Gasteiger partial charge in [0, 0.05) is 41.7 Å². The molecular weight excluding hydrogens is 521 g/mol. The lowest BCUT2D eigenvalue weighted by Crippen LogP contribution is -2.65. The van der Waals surface area contributed by atoms with Gasteiger partial charge in [-0.1, -0.05) is 13.8 Å². The second-order valence-electron chi connectivity index (χ2n) is 12.1. The van der Waals surface area contributed by atoms with Gasteiger partial charge < -0.3 is 26.2 Å². The van der Waals surface area contributed by atoms with Crippen molar-refractivity contribution in [3.8, 4) is 5.75 Å². The molecule has 0 unspecified atom stereocenters. The molecule has 0 aliphatic heterocycles. The number of phenols is 1. The molecule has 0 spiro atoms. The number of benzene rings is 1. The summed E-state index contributed by atoms with van der Waals surface area (Å²) in [6.45, 7) is 9.02. The van der Waals surface area contributed by atoms with Gasteiger partial charge in [-0.05, 0) is 58.7 Å². The van der Waals surface area contributed by atoms with Crippen molar-refractivity contribution in [1.29, 1.82) is 0 Å². The summed E-state index contributed by atoms with van der Waals surface area (Å²) in [6.07, 6.45) is -0.185. The van der Waals surface area contributed by atoms with Crippen LogP contribution in [0.5, 0.6) is 5.75 Å². The number of nitrogens with zero attached hydrogens (tertiary/aromatic N) is 2. The summed E-state index contributed by atoms with van der Waals surface area (Å²) in [6, 6.07) is 0.138. The lowest BCUT2D eigenvalue weighted by molar-refractivity contribution is -0.153. The van der Waals surface area contributed by atoms with Gasteiger partial charge in [0.1, 0.15) is 28.7 Å². The van der Waals surface area contributed by atoms with Crippen molar-refractivity contribution in [2.45, 2.75) is 64.8 Å². The molecule has 0 heterocycles. The number of phenolic OH excluding ortho intramolecular Hbond substituents is 1. The number of rotatable bonds is 7. The fourth-order valence-corrected chi connectivity index (χ4v) is 6.61. The zero-order valence-electron chi connectivity index (χ0n) is 23.7. The van der Waals surface area contributed by atoms with Gasteiger partial charge >= 0.3 is 0 Å². The Bertz CT molecular complexity index is 1350. The molecule has 218 valence electrons. The summed E-state index contributed by atoms with van der Waals surface area (Å²) in [5.74, 6) is -7.88. The van der Waals surface area contributed by atoms with Gasteiger partial charge in [0.15, 0.2) is 11.4 Å². The minimum atomic E-state index is -2.73. The first-order valence-corrected chi connectivity index (χ1v) is 13.5. The van der Waals surface area contributed by atoms with Crippen LogP contribution >= 0.6 is 0 Å². The maximum atomic E-state index is 16.0. The third-order valence-corrected chi connectivity index (χ3v) is 8.43. The number of carbonyl (C=O) groups is 3. The van der Waals surface area contributed by atoms with Crippen LogP contribution in [0.25, 0.3) is 5.76 Å². The van der Waals surface area contributed by atoms with E-state index in [0.29, 0.717) is 12.5 Å². The minimum Gasteiger partial charge on any atom is -0.508 e. The van der Waals surface area contributed by atoms with Gasteiger partial charge in [-0.25, -0.2) is 4.39 Å². The number of primary amides is 1. The lowest BCUT2D eigenvalue weighted by atomic mass is 9.57. The molecule has 0 aromatic heterocycles. The summed E-state index contributed by atoms with van der Waals surface area (Å²) in [5, 5.41) is 44.7. The average molecular weight is 560 g/mol. The Morgan fingerprint density at radius 3 is 2.33 bits per heavy atom. The highest BCUT2D eigenvalue weighted by Crippen LogP contribution is 2.53. The van der Waals surface area contributed by atoms with E-state index in [0.717, 1.165) is 0 Å². The van der Waals surface area contributed by atoms with Crippen molar-refractivity contribution < 1.29 is 39.2 Å². The van der Waals surface area contributed by atoms with Crippen LogP contribution < -0.4 is 5.73 Å². The van der Waals surface area contributed by atoms with Gasteiger partial charge in [0.05, 0.1) is 11.6 Å². The number of fused-ring (bicyclic) bond motifs is 3. The third-order valence-electron chi connectivity index (χ3n) is 8.43. The molecular formula is C29H38FN3O7. The quantitative estimate of drug-likeness (QED) is 0.314. The summed E-state index contributed by atoms with van der Waals surface area (Å²) >= 11 is 0. The summed E-state index contributed by atoms with van der Waals surface area (Å²) in [7, 11) is 3.05. The molecule has 1 aromatic carbocycles. The number of likely N-dealkylation sites (N-methyl/N-ethyl adjacent to an activating group) is 1. The lowest BCUT2D eigenvalue weighted by Gasteiger charge is -2.50. The fourth-order valence-electron chi connectivity index (χ4n) is 6.61. The minimum absolute atomic E-state index is 0.0360. The maximum Gasteiger partial charge on any atom is 0.255 e. The number of aliphatic hydroxyl groups excluding tert-OH is 2. The molecule has 4 atom stereocenters. The number of hydrogen-bond acceptors (Lipinski definition) is 9. The van der Waals surface area contributed by atoms with E-state index in [4.69, 9.17) is 5.73 Å².